The topological polar surface area (TPSA) is 37.3 Å². The molecule has 0 aliphatic heterocycles. The van der Waals surface area contributed by atoms with Crippen LogP contribution in [0.15, 0.2) is 36.4 Å². The molecule has 0 aliphatic carbocycles. The summed E-state index contributed by atoms with van der Waals surface area (Å²) in [5, 5.41) is 8.55. The van der Waals surface area contributed by atoms with Crippen LogP contribution in [-0.2, 0) is 4.79 Å². The van der Waals surface area contributed by atoms with Gasteiger partial charge in [-0.2, -0.15) is 0 Å². The Hall–Kier alpha value is -1.21. The molecule has 0 saturated carbocycles. The van der Waals surface area contributed by atoms with E-state index in [1.165, 1.54) is 23.5 Å². The van der Waals surface area contributed by atoms with Crippen LogP contribution in [0.1, 0.15) is 4.88 Å². The average Bonchev–Trinajstić information content (AvgIpc) is 2.78. The van der Waals surface area contributed by atoms with Crippen molar-refractivity contribution in [2.75, 3.05) is 0 Å². The molecule has 0 unspecified atom stereocenters. The third-order valence-electron chi connectivity index (χ3n) is 2.23. The van der Waals surface area contributed by atoms with Crippen LogP contribution in [0, 0.1) is 9.39 Å². The zero-order chi connectivity index (χ0) is 13.1. The molecule has 0 atom stereocenters. The molecule has 1 heterocycles. The molecule has 0 bridgehead atoms. The molecule has 2 aromatic rings. The smallest absolute Gasteiger partial charge is 0.328 e. The number of rotatable bonds is 3. The number of benzene rings is 1. The summed E-state index contributed by atoms with van der Waals surface area (Å²) in [6.07, 6.45) is 2.62. The van der Waals surface area contributed by atoms with Gasteiger partial charge in [-0.1, -0.05) is 12.1 Å². The highest BCUT2D eigenvalue weighted by molar-refractivity contribution is 14.1. The Bertz CT molecular complexity index is 619. The lowest BCUT2D eigenvalue weighted by atomic mass is 10.2. The summed E-state index contributed by atoms with van der Waals surface area (Å²) < 4.78 is 14.0. The molecule has 0 amide bonds. The number of halogens is 2. The molecular weight excluding hydrogens is 366 g/mol. The van der Waals surface area contributed by atoms with Crippen molar-refractivity contribution in [3.05, 3.63) is 50.7 Å². The van der Waals surface area contributed by atoms with E-state index >= 15 is 0 Å². The Morgan fingerprint density at radius 1 is 1.33 bits per heavy atom. The van der Waals surface area contributed by atoms with Crippen LogP contribution >= 0.6 is 33.9 Å². The summed E-state index contributed by atoms with van der Waals surface area (Å²) in [4.78, 5) is 12.2. The van der Waals surface area contributed by atoms with E-state index in [4.69, 9.17) is 5.11 Å². The predicted octanol–water partition coefficient (Wildman–Crippen LogP) is 4.26. The SMILES string of the molecule is O=C(O)/C=C/c1ccc(-c2cccc(F)c2I)s1. The van der Waals surface area contributed by atoms with Crippen LogP contribution in [-0.4, -0.2) is 11.1 Å². The van der Waals surface area contributed by atoms with Gasteiger partial charge in [-0.25, -0.2) is 9.18 Å². The largest absolute Gasteiger partial charge is 0.478 e. The van der Waals surface area contributed by atoms with Gasteiger partial charge in [0.15, 0.2) is 0 Å². The number of aliphatic carboxylic acids is 1. The molecule has 2 nitrogen and oxygen atoms in total. The second-order valence-electron chi connectivity index (χ2n) is 3.47. The highest BCUT2D eigenvalue weighted by Gasteiger charge is 2.09. The second-order valence-corrected chi connectivity index (χ2v) is 5.67. The van der Waals surface area contributed by atoms with Crippen LogP contribution in [0.25, 0.3) is 16.5 Å². The van der Waals surface area contributed by atoms with Crippen LogP contribution < -0.4 is 0 Å². The van der Waals surface area contributed by atoms with Crippen LogP contribution in [0.4, 0.5) is 4.39 Å². The fourth-order valence-electron chi connectivity index (χ4n) is 1.43. The first-order valence-electron chi connectivity index (χ1n) is 5.03. The first-order chi connectivity index (χ1) is 8.58. The highest BCUT2D eigenvalue weighted by atomic mass is 127. The molecule has 18 heavy (non-hydrogen) atoms. The van der Waals surface area contributed by atoms with E-state index in [0.29, 0.717) is 3.57 Å². The highest BCUT2D eigenvalue weighted by Crippen LogP contribution is 2.33. The first kappa shape index (κ1) is 13.2. The Balaban J connectivity index is 2.35. The zero-order valence-corrected chi connectivity index (χ0v) is 12.0. The summed E-state index contributed by atoms with van der Waals surface area (Å²) in [5.74, 6) is -1.23. The minimum absolute atomic E-state index is 0.246. The van der Waals surface area contributed by atoms with Crippen molar-refractivity contribution < 1.29 is 14.3 Å². The van der Waals surface area contributed by atoms with Crippen molar-refractivity contribution in [1.82, 2.24) is 0 Å². The second kappa shape index (κ2) is 5.62. The van der Waals surface area contributed by atoms with Gasteiger partial charge in [0.05, 0.1) is 3.57 Å². The number of carboxylic acids is 1. The van der Waals surface area contributed by atoms with Crippen molar-refractivity contribution in [3.8, 4) is 10.4 Å². The van der Waals surface area contributed by atoms with Crippen LogP contribution in [0.3, 0.4) is 0 Å². The molecule has 0 radical (unpaired) electrons. The molecule has 0 saturated heterocycles. The van der Waals surface area contributed by atoms with E-state index in [9.17, 15) is 9.18 Å². The van der Waals surface area contributed by atoms with E-state index in [1.54, 1.807) is 6.07 Å². The number of hydrogen-bond donors (Lipinski definition) is 1. The summed E-state index contributed by atoms with van der Waals surface area (Å²) >= 11 is 3.40. The van der Waals surface area contributed by atoms with Gasteiger partial charge in [0.25, 0.3) is 0 Å². The first-order valence-corrected chi connectivity index (χ1v) is 6.92. The minimum Gasteiger partial charge on any atom is -0.478 e. The van der Waals surface area contributed by atoms with Crippen LogP contribution in [0.5, 0.6) is 0 Å². The number of thiophene rings is 1. The summed E-state index contributed by atoms with van der Waals surface area (Å²) in [6, 6.07) is 8.62. The summed E-state index contributed by atoms with van der Waals surface area (Å²) in [6.45, 7) is 0. The number of carbonyl (C=O) groups is 1. The maximum absolute atomic E-state index is 13.4. The standard InChI is InChI=1S/C13H8FIO2S/c14-10-3-1-2-9(13(10)15)11-6-4-8(18-11)5-7-12(16)17/h1-7H,(H,16,17)/b7-5+. The maximum Gasteiger partial charge on any atom is 0.328 e. The average molecular weight is 374 g/mol. The lowest BCUT2D eigenvalue weighted by molar-refractivity contribution is -0.131. The Morgan fingerprint density at radius 3 is 2.83 bits per heavy atom. The molecule has 0 fully saturated rings. The van der Waals surface area contributed by atoms with Crippen LogP contribution in [0.2, 0.25) is 0 Å². The predicted molar refractivity (Wildman–Crippen MR) is 79.1 cm³/mol. The maximum atomic E-state index is 13.4. The Morgan fingerprint density at radius 2 is 2.11 bits per heavy atom. The van der Waals surface area contributed by atoms with Crippen molar-refractivity contribution >= 4 is 46.0 Å². The molecule has 5 heteroatoms. The lowest BCUT2D eigenvalue weighted by Crippen LogP contribution is -1.84. The molecule has 1 N–H and O–H groups in total. The van der Waals surface area contributed by atoms with Crippen molar-refractivity contribution in [1.29, 1.82) is 0 Å². The minimum atomic E-state index is -0.981. The number of carboxylic acid groups (broad SMARTS) is 1. The molecule has 0 aliphatic rings. The van der Waals surface area contributed by atoms with Crippen molar-refractivity contribution in [3.63, 3.8) is 0 Å². The van der Waals surface area contributed by atoms with Gasteiger partial charge in [0, 0.05) is 21.4 Å². The lowest BCUT2D eigenvalue weighted by Gasteiger charge is -2.01. The number of hydrogen-bond acceptors (Lipinski definition) is 2. The Kier molecular flexibility index (Phi) is 4.13. The monoisotopic (exact) mass is 374 g/mol. The van der Waals surface area contributed by atoms with E-state index in [1.807, 2.05) is 40.8 Å². The summed E-state index contributed by atoms with van der Waals surface area (Å²) in [7, 11) is 0. The Labute approximate surface area is 121 Å². The van der Waals surface area contributed by atoms with E-state index in [-0.39, 0.29) is 5.82 Å². The van der Waals surface area contributed by atoms with E-state index < -0.39 is 5.97 Å². The normalized spacial score (nSPS) is 11.0. The van der Waals surface area contributed by atoms with Gasteiger partial charge in [-0.15, -0.1) is 11.3 Å². The fraction of sp³-hybridized carbons (Fsp3) is 0. The van der Waals surface area contributed by atoms with Gasteiger partial charge in [0.2, 0.25) is 0 Å². The molecule has 2 rings (SSSR count). The zero-order valence-electron chi connectivity index (χ0n) is 9.06. The molecule has 1 aromatic carbocycles. The molecule has 0 spiro atoms. The van der Waals surface area contributed by atoms with Gasteiger partial charge in [-0.3, -0.25) is 0 Å². The van der Waals surface area contributed by atoms with Gasteiger partial charge < -0.3 is 5.11 Å². The quantitative estimate of drug-likeness (QED) is 0.644. The van der Waals surface area contributed by atoms with Crippen molar-refractivity contribution in [2.24, 2.45) is 0 Å². The third-order valence-corrected chi connectivity index (χ3v) is 4.41. The van der Waals surface area contributed by atoms with Crippen molar-refractivity contribution in [2.45, 2.75) is 0 Å². The van der Waals surface area contributed by atoms with Gasteiger partial charge >= 0.3 is 5.97 Å². The third kappa shape index (κ3) is 2.97. The van der Waals surface area contributed by atoms with Gasteiger partial charge in [0.1, 0.15) is 5.82 Å². The molecule has 1 aromatic heterocycles. The molecular formula is C13H8FIO2S. The van der Waals surface area contributed by atoms with Gasteiger partial charge in [-0.05, 0) is 46.9 Å². The van der Waals surface area contributed by atoms with E-state index in [2.05, 4.69) is 0 Å². The fourth-order valence-corrected chi connectivity index (χ4v) is 3.21. The molecule has 92 valence electrons. The summed E-state index contributed by atoms with van der Waals surface area (Å²) in [5.41, 5.74) is 0.829. The van der Waals surface area contributed by atoms with E-state index in [0.717, 1.165) is 21.4 Å².